The molecular weight excluding hydrogens is 226 g/mol. The Kier molecular flexibility index (Phi) is 4.59. The molecule has 0 atom stereocenters. The minimum absolute atomic E-state index is 0.758. The third-order valence-corrected chi connectivity index (χ3v) is 2.06. The highest BCUT2D eigenvalue weighted by atomic mass is 79.9. The van der Waals surface area contributed by atoms with Gasteiger partial charge >= 0.3 is 0 Å². The largest absolute Gasteiger partial charge is 0.309 e. The lowest BCUT2D eigenvalue weighted by molar-refractivity contribution is 0.937. The van der Waals surface area contributed by atoms with Crippen molar-refractivity contribution in [2.45, 2.75) is 6.42 Å². The van der Waals surface area contributed by atoms with Crippen LogP contribution >= 0.6 is 15.9 Å². The average Bonchev–Trinajstić information content (AvgIpc) is 2.13. The van der Waals surface area contributed by atoms with E-state index in [0.29, 0.717) is 0 Å². The van der Waals surface area contributed by atoms with Crippen LogP contribution in [0.4, 0.5) is 0 Å². The first-order valence-corrected chi connectivity index (χ1v) is 4.97. The summed E-state index contributed by atoms with van der Waals surface area (Å²) in [7, 11) is 1.90. The van der Waals surface area contributed by atoms with E-state index in [9.17, 15) is 0 Å². The van der Waals surface area contributed by atoms with E-state index < -0.39 is 0 Å². The molecule has 0 saturated carbocycles. The highest BCUT2D eigenvalue weighted by molar-refractivity contribution is 9.10. The molecule has 68 valence electrons. The van der Waals surface area contributed by atoms with Crippen LogP contribution in [0.2, 0.25) is 0 Å². The smallest absolute Gasteiger partial charge is 0.0574 e. The molecule has 0 unspecified atom stereocenters. The third-order valence-electron chi connectivity index (χ3n) is 1.57. The Bertz CT molecular complexity index is 322. The van der Waals surface area contributed by atoms with Crippen LogP contribution in [0.5, 0.6) is 0 Å². The van der Waals surface area contributed by atoms with Gasteiger partial charge in [-0.2, -0.15) is 0 Å². The van der Waals surface area contributed by atoms with Gasteiger partial charge in [0.2, 0.25) is 0 Å². The maximum Gasteiger partial charge on any atom is 0.0574 e. The molecule has 13 heavy (non-hydrogen) atoms. The second-order valence-corrected chi connectivity index (χ2v) is 3.61. The van der Waals surface area contributed by atoms with E-state index in [0.717, 1.165) is 17.4 Å². The van der Waals surface area contributed by atoms with E-state index in [1.165, 1.54) is 5.56 Å². The molecule has 1 rings (SSSR count). The maximum absolute atomic E-state index is 3.42. The second kappa shape index (κ2) is 5.80. The van der Waals surface area contributed by atoms with Gasteiger partial charge < -0.3 is 5.32 Å². The second-order valence-electron chi connectivity index (χ2n) is 2.69. The molecule has 0 spiro atoms. The molecular formula is C11H12BrN. The Morgan fingerprint density at radius 1 is 1.38 bits per heavy atom. The molecule has 0 saturated heterocycles. The summed E-state index contributed by atoms with van der Waals surface area (Å²) in [6.07, 6.45) is 0.821. The van der Waals surface area contributed by atoms with Crippen LogP contribution in [-0.2, 0) is 6.42 Å². The first kappa shape index (κ1) is 10.3. The predicted octanol–water partition coefficient (Wildman–Crippen LogP) is 2.21. The number of halogens is 1. The number of hydrogen-bond acceptors (Lipinski definition) is 1. The molecule has 0 bridgehead atoms. The molecule has 0 fully saturated rings. The van der Waals surface area contributed by atoms with E-state index in [1.807, 2.05) is 19.2 Å². The predicted molar refractivity (Wildman–Crippen MR) is 59.5 cm³/mol. The van der Waals surface area contributed by atoms with Crippen LogP contribution in [0.1, 0.15) is 5.56 Å². The van der Waals surface area contributed by atoms with Crippen molar-refractivity contribution >= 4 is 15.9 Å². The number of nitrogens with one attached hydrogen (secondary N) is 1. The molecule has 0 radical (unpaired) electrons. The van der Waals surface area contributed by atoms with E-state index >= 15 is 0 Å². The van der Waals surface area contributed by atoms with Crippen LogP contribution in [0.3, 0.4) is 0 Å². The lowest BCUT2D eigenvalue weighted by atomic mass is 10.2. The van der Waals surface area contributed by atoms with Crippen molar-refractivity contribution in [1.29, 1.82) is 0 Å². The first-order chi connectivity index (χ1) is 6.33. The van der Waals surface area contributed by atoms with Gasteiger partial charge in [0.1, 0.15) is 0 Å². The highest BCUT2D eigenvalue weighted by Crippen LogP contribution is 2.11. The summed E-state index contributed by atoms with van der Waals surface area (Å²) in [6.45, 7) is 0.758. The molecule has 1 aromatic carbocycles. The molecule has 0 amide bonds. The Hall–Kier alpha value is -0.780. The summed E-state index contributed by atoms with van der Waals surface area (Å²) in [4.78, 5) is 0. The van der Waals surface area contributed by atoms with Gasteiger partial charge in [-0.3, -0.25) is 0 Å². The Morgan fingerprint density at radius 3 is 2.92 bits per heavy atom. The summed E-state index contributed by atoms with van der Waals surface area (Å²) < 4.78 is 1.11. The molecule has 0 aliphatic heterocycles. The molecule has 0 aromatic heterocycles. The molecule has 2 heteroatoms. The van der Waals surface area contributed by atoms with Crippen LogP contribution < -0.4 is 5.32 Å². The van der Waals surface area contributed by atoms with Crippen molar-refractivity contribution < 1.29 is 0 Å². The fraction of sp³-hybridized carbons (Fsp3) is 0.273. The molecule has 1 nitrogen and oxygen atoms in total. The Labute approximate surface area is 87.7 Å². The standard InChI is InChI=1S/C11H12BrN/c1-13-8-3-2-5-10-6-4-7-11(12)9-10/h4,6-7,9,13H,5,8H2,1H3. The van der Waals surface area contributed by atoms with E-state index in [1.54, 1.807) is 0 Å². The Balaban J connectivity index is 2.51. The van der Waals surface area contributed by atoms with Crippen molar-refractivity contribution in [2.24, 2.45) is 0 Å². The van der Waals surface area contributed by atoms with Gasteiger partial charge in [-0.25, -0.2) is 0 Å². The SMILES string of the molecule is CNCC#CCc1cccc(Br)c1. The zero-order valence-corrected chi connectivity index (χ0v) is 9.19. The van der Waals surface area contributed by atoms with Crippen molar-refractivity contribution in [1.82, 2.24) is 5.32 Å². The molecule has 1 aromatic rings. The molecule has 1 N–H and O–H groups in total. The van der Waals surface area contributed by atoms with Gasteiger partial charge in [0.25, 0.3) is 0 Å². The summed E-state index contributed by atoms with van der Waals surface area (Å²) in [5.74, 6) is 6.12. The van der Waals surface area contributed by atoms with Crippen LogP contribution in [0.15, 0.2) is 28.7 Å². The monoisotopic (exact) mass is 237 g/mol. The third kappa shape index (κ3) is 4.12. The average molecular weight is 238 g/mol. The lowest BCUT2D eigenvalue weighted by Gasteiger charge is -1.94. The van der Waals surface area contributed by atoms with Crippen LogP contribution in [-0.4, -0.2) is 13.6 Å². The fourth-order valence-electron chi connectivity index (χ4n) is 0.962. The zero-order chi connectivity index (χ0) is 9.52. The highest BCUT2D eigenvalue weighted by Gasteiger charge is 1.89. The van der Waals surface area contributed by atoms with E-state index in [-0.39, 0.29) is 0 Å². The molecule has 0 heterocycles. The minimum atomic E-state index is 0.758. The van der Waals surface area contributed by atoms with Crippen molar-refractivity contribution in [3.05, 3.63) is 34.3 Å². The number of hydrogen-bond donors (Lipinski definition) is 1. The lowest BCUT2D eigenvalue weighted by Crippen LogP contribution is -2.04. The molecule has 0 aliphatic rings. The van der Waals surface area contributed by atoms with Crippen molar-refractivity contribution in [2.75, 3.05) is 13.6 Å². The summed E-state index contributed by atoms with van der Waals surface area (Å²) in [5.41, 5.74) is 1.25. The van der Waals surface area contributed by atoms with Gasteiger partial charge in [0.15, 0.2) is 0 Å². The summed E-state index contributed by atoms with van der Waals surface area (Å²) in [5, 5.41) is 2.98. The minimum Gasteiger partial charge on any atom is -0.309 e. The van der Waals surface area contributed by atoms with Gasteiger partial charge in [-0.1, -0.05) is 39.9 Å². The van der Waals surface area contributed by atoms with Crippen LogP contribution in [0, 0.1) is 11.8 Å². The molecule has 0 aliphatic carbocycles. The first-order valence-electron chi connectivity index (χ1n) is 4.17. The number of benzene rings is 1. The van der Waals surface area contributed by atoms with Crippen molar-refractivity contribution in [3.8, 4) is 11.8 Å². The maximum atomic E-state index is 3.42. The normalized spacial score (nSPS) is 9.08. The van der Waals surface area contributed by atoms with E-state index in [2.05, 4.69) is 45.2 Å². The zero-order valence-electron chi connectivity index (χ0n) is 7.60. The number of rotatable bonds is 2. The van der Waals surface area contributed by atoms with Gasteiger partial charge in [0.05, 0.1) is 6.54 Å². The van der Waals surface area contributed by atoms with Gasteiger partial charge in [-0.05, 0) is 24.7 Å². The van der Waals surface area contributed by atoms with Crippen LogP contribution in [0.25, 0.3) is 0 Å². The van der Waals surface area contributed by atoms with E-state index in [4.69, 9.17) is 0 Å². The topological polar surface area (TPSA) is 12.0 Å². The van der Waals surface area contributed by atoms with Gasteiger partial charge in [0, 0.05) is 10.9 Å². The fourth-order valence-corrected chi connectivity index (χ4v) is 1.41. The Morgan fingerprint density at radius 2 is 2.23 bits per heavy atom. The van der Waals surface area contributed by atoms with Crippen molar-refractivity contribution in [3.63, 3.8) is 0 Å². The van der Waals surface area contributed by atoms with Gasteiger partial charge in [-0.15, -0.1) is 0 Å². The summed E-state index contributed by atoms with van der Waals surface area (Å²) >= 11 is 3.42. The summed E-state index contributed by atoms with van der Waals surface area (Å²) in [6, 6.07) is 8.22. The quantitative estimate of drug-likeness (QED) is 0.779.